The van der Waals surface area contributed by atoms with E-state index >= 15 is 0 Å². The Morgan fingerprint density at radius 1 is 1.41 bits per heavy atom. The Kier molecular flexibility index (Phi) is 7.73. The first kappa shape index (κ1) is 16.1. The molecular weight excluding hydrogens is 246 g/mol. The minimum atomic E-state index is -1.47. The Hall–Kier alpha value is -0.950. The van der Waals surface area contributed by atoms with Gasteiger partial charge in [0.15, 0.2) is 0 Å². The zero-order valence-electron chi connectivity index (χ0n) is 10.3. The summed E-state index contributed by atoms with van der Waals surface area (Å²) in [5.41, 5.74) is 0. The van der Waals surface area contributed by atoms with Crippen molar-refractivity contribution in [1.82, 2.24) is 5.32 Å². The van der Waals surface area contributed by atoms with Gasteiger partial charge in [-0.15, -0.1) is 0 Å². The lowest BCUT2D eigenvalue weighted by molar-refractivity contribution is -0.137. The fourth-order valence-electron chi connectivity index (χ4n) is 1.22. The largest absolute Gasteiger partial charge is 0.481 e. The number of ether oxygens (including phenoxy) is 1. The molecule has 0 aromatic heterocycles. The van der Waals surface area contributed by atoms with Crippen molar-refractivity contribution in [2.24, 2.45) is 0 Å². The van der Waals surface area contributed by atoms with Crippen LogP contribution >= 0.6 is 0 Å². The zero-order valence-corrected chi connectivity index (χ0v) is 11.1. The Morgan fingerprint density at radius 3 is 2.47 bits per heavy atom. The molecule has 0 saturated carbocycles. The summed E-state index contributed by atoms with van der Waals surface area (Å²) in [4.78, 5) is 21.8. The highest BCUT2D eigenvalue weighted by Gasteiger charge is 2.18. The van der Waals surface area contributed by atoms with Crippen molar-refractivity contribution in [3.63, 3.8) is 0 Å². The van der Waals surface area contributed by atoms with Gasteiger partial charge in [-0.3, -0.25) is 13.8 Å². The first-order chi connectivity index (χ1) is 7.86. The topological polar surface area (TPSA) is 92.7 Å². The summed E-state index contributed by atoms with van der Waals surface area (Å²) in [6.45, 7) is 3.70. The molecule has 0 saturated heterocycles. The normalized spacial score (nSPS) is 15.9. The average molecular weight is 265 g/mol. The summed E-state index contributed by atoms with van der Waals surface area (Å²) < 4.78 is 16.4. The molecular formula is C10H19NO5S. The number of nitrogens with one attached hydrogen (secondary N) is 1. The first-order valence-corrected chi connectivity index (χ1v) is 6.62. The van der Waals surface area contributed by atoms with Crippen LogP contribution < -0.4 is 5.32 Å². The lowest BCUT2D eigenvalue weighted by atomic mass is 10.3. The van der Waals surface area contributed by atoms with Gasteiger partial charge < -0.3 is 15.2 Å². The molecule has 0 aliphatic heterocycles. The Balaban J connectivity index is 4.03. The summed E-state index contributed by atoms with van der Waals surface area (Å²) in [6.07, 6.45) is -0.201. The second-order valence-corrected chi connectivity index (χ2v) is 5.71. The van der Waals surface area contributed by atoms with E-state index in [1.165, 1.54) is 7.11 Å². The maximum atomic E-state index is 11.6. The number of aliphatic carboxylic acids is 1. The maximum Gasteiger partial charge on any atom is 0.304 e. The molecule has 3 atom stereocenters. The van der Waals surface area contributed by atoms with Crippen molar-refractivity contribution in [3.05, 3.63) is 0 Å². The number of hydrogen-bond acceptors (Lipinski definition) is 4. The van der Waals surface area contributed by atoms with Crippen LogP contribution in [0.2, 0.25) is 0 Å². The van der Waals surface area contributed by atoms with Gasteiger partial charge in [0, 0.05) is 29.2 Å². The van der Waals surface area contributed by atoms with Gasteiger partial charge in [-0.2, -0.15) is 0 Å². The van der Waals surface area contributed by atoms with Gasteiger partial charge in [-0.1, -0.05) is 6.92 Å². The maximum absolute atomic E-state index is 11.6. The number of amides is 1. The lowest BCUT2D eigenvalue weighted by Gasteiger charge is -2.13. The van der Waals surface area contributed by atoms with Crippen LogP contribution in [0.5, 0.6) is 0 Å². The van der Waals surface area contributed by atoms with E-state index in [0.717, 1.165) is 0 Å². The third-order valence-corrected chi connectivity index (χ3v) is 3.62. The number of rotatable bonds is 8. The standard InChI is InChI=1S/C10H19NO5S/c1-7(5-16-3)11-9(12)6-17(15)8(2)4-10(13)14/h7-8H,4-6H2,1-3H3,(H,11,12)(H,13,14). The molecule has 0 aliphatic carbocycles. The first-order valence-electron chi connectivity index (χ1n) is 5.24. The molecule has 6 nitrogen and oxygen atoms in total. The van der Waals surface area contributed by atoms with E-state index in [2.05, 4.69) is 5.32 Å². The second kappa shape index (κ2) is 8.19. The van der Waals surface area contributed by atoms with E-state index in [-0.39, 0.29) is 24.1 Å². The van der Waals surface area contributed by atoms with E-state index in [1.807, 2.05) is 0 Å². The zero-order chi connectivity index (χ0) is 13.4. The highest BCUT2D eigenvalue weighted by Crippen LogP contribution is 2.01. The molecule has 0 spiro atoms. The van der Waals surface area contributed by atoms with E-state index < -0.39 is 22.0 Å². The Morgan fingerprint density at radius 2 is 2.00 bits per heavy atom. The van der Waals surface area contributed by atoms with Crippen LogP contribution in [-0.4, -0.2) is 52.0 Å². The molecule has 0 heterocycles. The van der Waals surface area contributed by atoms with Crippen LogP contribution in [0.15, 0.2) is 0 Å². The van der Waals surface area contributed by atoms with E-state index in [0.29, 0.717) is 6.61 Å². The molecule has 0 rings (SSSR count). The van der Waals surface area contributed by atoms with Gasteiger partial charge in [0.2, 0.25) is 5.91 Å². The number of methoxy groups -OCH3 is 1. The summed E-state index contributed by atoms with van der Waals surface area (Å²) in [5, 5.41) is 10.6. The highest BCUT2D eigenvalue weighted by atomic mass is 32.2. The third kappa shape index (κ3) is 7.87. The minimum absolute atomic E-state index is 0.153. The van der Waals surface area contributed by atoms with Crippen molar-refractivity contribution in [2.75, 3.05) is 19.5 Å². The Bertz CT molecular complexity index is 294. The van der Waals surface area contributed by atoms with Crippen molar-refractivity contribution in [1.29, 1.82) is 0 Å². The molecule has 0 bridgehead atoms. The molecule has 3 unspecified atom stereocenters. The molecule has 7 heteroatoms. The molecule has 0 aromatic carbocycles. The summed E-state index contributed by atoms with van der Waals surface area (Å²) in [7, 11) is 0.0541. The van der Waals surface area contributed by atoms with Gasteiger partial charge in [-0.05, 0) is 6.92 Å². The highest BCUT2D eigenvalue weighted by molar-refractivity contribution is 7.86. The molecule has 0 radical (unpaired) electrons. The summed E-state index contributed by atoms with van der Waals surface area (Å²) >= 11 is 0. The quantitative estimate of drug-likeness (QED) is 0.631. The van der Waals surface area contributed by atoms with Crippen LogP contribution in [0.1, 0.15) is 20.3 Å². The number of carboxylic acid groups (broad SMARTS) is 1. The van der Waals surface area contributed by atoms with Gasteiger partial charge in [0.05, 0.1) is 13.0 Å². The minimum Gasteiger partial charge on any atom is -0.481 e. The summed E-state index contributed by atoms with van der Waals surface area (Å²) in [5.74, 6) is -1.55. The number of carboxylic acids is 1. The van der Waals surface area contributed by atoms with Crippen molar-refractivity contribution >= 4 is 22.7 Å². The predicted octanol–water partition coefficient (Wildman–Crippen LogP) is -0.251. The fraction of sp³-hybridized carbons (Fsp3) is 0.800. The fourth-order valence-corrected chi connectivity index (χ4v) is 2.17. The van der Waals surface area contributed by atoms with Gasteiger partial charge in [0.25, 0.3) is 0 Å². The predicted molar refractivity (Wildman–Crippen MR) is 64.2 cm³/mol. The van der Waals surface area contributed by atoms with Crippen molar-refractivity contribution in [2.45, 2.75) is 31.6 Å². The number of carbonyl (C=O) groups excluding carboxylic acids is 1. The van der Waals surface area contributed by atoms with Gasteiger partial charge >= 0.3 is 5.97 Å². The molecule has 1 amide bonds. The van der Waals surface area contributed by atoms with Crippen LogP contribution in [-0.2, 0) is 25.1 Å². The number of hydrogen-bond donors (Lipinski definition) is 2. The molecule has 100 valence electrons. The second-order valence-electron chi connectivity index (χ2n) is 3.86. The SMILES string of the molecule is COCC(C)NC(=O)CS(=O)C(C)CC(=O)O. The van der Waals surface area contributed by atoms with E-state index in [1.54, 1.807) is 13.8 Å². The molecule has 0 aliphatic rings. The average Bonchev–Trinajstić information content (AvgIpc) is 2.16. The molecule has 0 aromatic rings. The molecule has 17 heavy (non-hydrogen) atoms. The van der Waals surface area contributed by atoms with Crippen LogP contribution in [0.25, 0.3) is 0 Å². The van der Waals surface area contributed by atoms with Crippen LogP contribution in [0.4, 0.5) is 0 Å². The molecule has 2 N–H and O–H groups in total. The van der Waals surface area contributed by atoms with Gasteiger partial charge in [-0.25, -0.2) is 0 Å². The van der Waals surface area contributed by atoms with Crippen molar-refractivity contribution in [3.8, 4) is 0 Å². The molecule has 0 fully saturated rings. The van der Waals surface area contributed by atoms with E-state index in [4.69, 9.17) is 9.84 Å². The summed E-state index contributed by atoms with van der Waals surface area (Å²) in [6, 6.07) is -0.153. The van der Waals surface area contributed by atoms with Crippen LogP contribution in [0.3, 0.4) is 0 Å². The van der Waals surface area contributed by atoms with Gasteiger partial charge in [0.1, 0.15) is 5.75 Å². The Labute approximate surface area is 103 Å². The lowest BCUT2D eigenvalue weighted by Crippen LogP contribution is -2.39. The number of carbonyl (C=O) groups is 2. The third-order valence-electron chi connectivity index (χ3n) is 2.01. The smallest absolute Gasteiger partial charge is 0.304 e. The van der Waals surface area contributed by atoms with E-state index in [9.17, 15) is 13.8 Å². The van der Waals surface area contributed by atoms with Crippen LogP contribution in [0, 0.1) is 0 Å². The van der Waals surface area contributed by atoms with Crippen molar-refractivity contribution < 1.29 is 23.6 Å². The monoisotopic (exact) mass is 265 g/mol.